The third-order valence-corrected chi connectivity index (χ3v) is 4.10. The molecule has 1 N–H and O–H groups in total. The van der Waals surface area contributed by atoms with E-state index in [2.05, 4.69) is 23.7 Å². The van der Waals surface area contributed by atoms with Crippen molar-refractivity contribution >= 4 is 12.3 Å². The summed E-state index contributed by atoms with van der Waals surface area (Å²) in [4.78, 5) is 18.4. The molecule has 0 bridgehead atoms. The molecular formula is C17H24N2O2. The summed E-state index contributed by atoms with van der Waals surface area (Å²) in [7, 11) is 0. The summed E-state index contributed by atoms with van der Waals surface area (Å²) in [5.41, 5.74) is 1.11. The summed E-state index contributed by atoms with van der Waals surface area (Å²) in [6.07, 6.45) is 2.20. The molecule has 1 aliphatic heterocycles. The van der Waals surface area contributed by atoms with Gasteiger partial charge in [0.05, 0.1) is 12.4 Å². The van der Waals surface area contributed by atoms with Gasteiger partial charge < -0.3 is 10.0 Å². The van der Waals surface area contributed by atoms with Crippen molar-refractivity contribution in [3.05, 3.63) is 35.4 Å². The number of aliphatic imine (C=N–C) groups is 1. The van der Waals surface area contributed by atoms with Crippen LogP contribution in [0.1, 0.15) is 44.4 Å². The van der Waals surface area contributed by atoms with Crippen LogP contribution in [0.15, 0.2) is 29.3 Å². The molecule has 0 saturated carbocycles. The van der Waals surface area contributed by atoms with E-state index in [9.17, 15) is 9.90 Å². The molecular weight excluding hydrogens is 264 g/mol. The fourth-order valence-corrected chi connectivity index (χ4v) is 2.99. The van der Waals surface area contributed by atoms with Crippen molar-refractivity contribution in [2.45, 2.75) is 45.7 Å². The summed E-state index contributed by atoms with van der Waals surface area (Å²) in [5.74, 6) is -0.399. The monoisotopic (exact) mass is 288 g/mol. The largest absolute Gasteiger partial charge is 0.479 e. The molecule has 0 fully saturated rings. The van der Waals surface area contributed by atoms with Gasteiger partial charge in [-0.25, -0.2) is 4.79 Å². The zero-order chi connectivity index (χ0) is 15.6. The van der Waals surface area contributed by atoms with Gasteiger partial charge >= 0.3 is 5.97 Å². The van der Waals surface area contributed by atoms with Gasteiger partial charge in [0.2, 0.25) is 0 Å². The van der Waals surface area contributed by atoms with Crippen LogP contribution in [-0.2, 0) is 4.79 Å². The first-order valence-electron chi connectivity index (χ1n) is 7.51. The van der Waals surface area contributed by atoms with Gasteiger partial charge in [-0.15, -0.1) is 0 Å². The minimum absolute atomic E-state index is 0.233. The second-order valence-electron chi connectivity index (χ2n) is 6.23. The molecule has 114 valence electrons. The molecule has 0 amide bonds. The topological polar surface area (TPSA) is 52.9 Å². The Morgan fingerprint density at radius 1 is 1.38 bits per heavy atom. The molecule has 2 atom stereocenters. The highest BCUT2D eigenvalue weighted by Crippen LogP contribution is 2.41. The fourth-order valence-electron chi connectivity index (χ4n) is 2.99. The van der Waals surface area contributed by atoms with E-state index < -0.39 is 11.5 Å². The number of aryl methyl sites for hydroxylation is 1. The third kappa shape index (κ3) is 2.80. The van der Waals surface area contributed by atoms with Crippen LogP contribution in [0.2, 0.25) is 0 Å². The van der Waals surface area contributed by atoms with E-state index in [1.807, 2.05) is 38.1 Å². The van der Waals surface area contributed by atoms with Crippen LogP contribution in [0.3, 0.4) is 0 Å². The number of carbonyl (C=O) groups is 1. The molecule has 1 aliphatic rings. The Kier molecular flexibility index (Phi) is 4.35. The van der Waals surface area contributed by atoms with E-state index in [0.29, 0.717) is 12.3 Å². The lowest BCUT2D eigenvalue weighted by molar-refractivity contribution is -0.145. The number of carboxylic acids is 1. The van der Waals surface area contributed by atoms with Crippen LogP contribution in [0, 0.1) is 12.8 Å². The van der Waals surface area contributed by atoms with Gasteiger partial charge in [0.15, 0.2) is 5.54 Å². The smallest absolute Gasteiger partial charge is 0.334 e. The molecule has 0 aromatic heterocycles. The van der Waals surface area contributed by atoms with Gasteiger partial charge in [0, 0.05) is 6.54 Å². The molecule has 1 heterocycles. The Morgan fingerprint density at radius 3 is 2.48 bits per heavy atom. The van der Waals surface area contributed by atoms with Gasteiger partial charge in [0.25, 0.3) is 0 Å². The number of benzene rings is 1. The third-order valence-electron chi connectivity index (χ3n) is 4.10. The second-order valence-corrected chi connectivity index (χ2v) is 6.23. The Bertz CT molecular complexity index is 536. The minimum Gasteiger partial charge on any atom is -0.479 e. The van der Waals surface area contributed by atoms with Crippen molar-refractivity contribution in [1.82, 2.24) is 4.90 Å². The van der Waals surface area contributed by atoms with Crippen LogP contribution in [0.4, 0.5) is 0 Å². The summed E-state index contributed by atoms with van der Waals surface area (Å²) in [6, 6.07) is 7.88. The average Bonchev–Trinajstić information content (AvgIpc) is 2.79. The van der Waals surface area contributed by atoms with E-state index in [-0.39, 0.29) is 6.04 Å². The van der Waals surface area contributed by atoms with Crippen molar-refractivity contribution < 1.29 is 9.90 Å². The predicted octanol–water partition coefficient (Wildman–Crippen LogP) is 3.27. The van der Waals surface area contributed by atoms with Crippen molar-refractivity contribution in [3.8, 4) is 0 Å². The summed E-state index contributed by atoms with van der Waals surface area (Å²) in [6.45, 7) is 8.99. The van der Waals surface area contributed by atoms with Crippen LogP contribution < -0.4 is 0 Å². The fraction of sp³-hybridized carbons (Fsp3) is 0.529. The molecule has 1 aromatic carbocycles. The maximum atomic E-state index is 11.9. The summed E-state index contributed by atoms with van der Waals surface area (Å²) >= 11 is 0. The van der Waals surface area contributed by atoms with E-state index >= 15 is 0 Å². The van der Waals surface area contributed by atoms with E-state index in [0.717, 1.165) is 12.1 Å². The molecule has 0 saturated heterocycles. The first-order valence-corrected chi connectivity index (χ1v) is 7.51. The SMILES string of the molecule is CCC1(C(=O)O)N=CN(CC(C)C)C1c1ccc(C)cc1. The zero-order valence-corrected chi connectivity index (χ0v) is 13.2. The van der Waals surface area contributed by atoms with Crippen LogP contribution in [-0.4, -0.2) is 34.4 Å². The first-order chi connectivity index (χ1) is 9.90. The lowest BCUT2D eigenvalue weighted by Crippen LogP contribution is -2.45. The number of aliphatic carboxylic acids is 1. The lowest BCUT2D eigenvalue weighted by Gasteiger charge is -2.35. The molecule has 2 unspecified atom stereocenters. The highest BCUT2D eigenvalue weighted by molar-refractivity contribution is 5.85. The van der Waals surface area contributed by atoms with Gasteiger partial charge in [-0.05, 0) is 24.8 Å². The zero-order valence-electron chi connectivity index (χ0n) is 13.2. The molecule has 21 heavy (non-hydrogen) atoms. The second kappa shape index (κ2) is 5.88. The van der Waals surface area contributed by atoms with E-state index in [1.165, 1.54) is 5.56 Å². The predicted molar refractivity (Wildman–Crippen MR) is 84.6 cm³/mol. The average molecular weight is 288 g/mol. The highest BCUT2D eigenvalue weighted by Gasteiger charge is 2.51. The van der Waals surface area contributed by atoms with Gasteiger partial charge in [0.1, 0.15) is 0 Å². The Balaban J connectivity index is 2.45. The van der Waals surface area contributed by atoms with Crippen molar-refractivity contribution in [3.63, 3.8) is 0 Å². The summed E-state index contributed by atoms with van der Waals surface area (Å²) < 4.78 is 0. The Morgan fingerprint density at radius 2 is 2.00 bits per heavy atom. The number of carboxylic acid groups (broad SMARTS) is 1. The van der Waals surface area contributed by atoms with E-state index in [4.69, 9.17) is 0 Å². The van der Waals surface area contributed by atoms with Crippen LogP contribution in [0.5, 0.6) is 0 Å². The molecule has 0 radical (unpaired) electrons. The number of rotatable bonds is 5. The Labute approximate surface area is 126 Å². The van der Waals surface area contributed by atoms with Crippen LogP contribution >= 0.6 is 0 Å². The molecule has 0 spiro atoms. The standard InChI is InChI=1S/C17H24N2O2/c1-5-17(16(20)21)15(14-8-6-13(4)7-9-14)19(11-18-17)10-12(2)3/h6-9,11-12,15H,5,10H2,1-4H3,(H,20,21). The van der Waals surface area contributed by atoms with Crippen molar-refractivity contribution in [1.29, 1.82) is 0 Å². The van der Waals surface area contributed by atoms with Gasteiger partial charge in [-0.2, -0.15) is 0 Å². The lowest BCUT2D eigenvalue weighted by atomic mass is 9.83. The van der Waals surface area contributed by atoms with Crippen LogP contribution in [0.25, 0.3) is 0 Å². The number of hydrogen-bond donors (Lipinski definition) is 1. The van der Waals surface area contributed by atoms with Gasteiger partial charge in [-0.1, -0.05) is 50.6 Å². The highest BCUT2D eigenvalue weighted by atomic mass is 16.4. The van der Waals surface area contributed by atoms with E-state index in [1.54, 1.807) is 6.34 Å². The van der Waals surface area contributed by atoms with Crippen molar-refractivity contribution in [2.75, 3.05) is 6.54 Å². The molecule has 2 rings (SSSR count). The molecule has 0 aliphatic carbocycles. The number of hydrogen-bond acceptors (Lipinski definition) is 3. The minimum atomic E-state index is -1.08. The first kappa shape index (κ1) is 15.5. The molecule has 1 aromatic rings. The van der Waals surface area contributed by atoms with Gasteiger partial charge in [-0.3, -0.25) is 4.99 Å². The maximum absolute atomic E-state index is 11.9. The maximum Gasteiger partial charge on any atom is 0.334 e. The number of nitrogens with zero attached hydrogens (tertiary/aromatic N) is 2. The molecule has 4 heteroatoms. The van der Waals surface area contributed by atoms with Crippen molar-refractivity contribution in [2.24, 2.45) is 10.9 Å². The normalized spacial score (nSPS) is 24.8. The molecule has 4 nitrogen and oxygen atoms in total. The Hall–Kier alpha value is -1.84. The quantitative estimate of drug-likeness (QED) is 0.904. The summed E-state index contributed by atoms with van der Waals surface area (Å²) in [5, 5.41) is 9.76.